The third-order valence-corrected chi connectivity index (χ3v) is 5.08. The van der Waals surface area contributed by atoms with Gasteiger partial charge in [0.15, 0.2) is 0 Å². The lowest BCUT2D eigenvalue weighted by Crippen LogP contribution is -2.43. The lowest BCUT2D eigenvalue weighted by molar-refractivity contribution is -0.139. The average molecular weight is 429 g/mol. The molecule has 0 aliphatic carbocycles. The van der Waals surface area contributed by atoms with Crippen molar-refractivity contribution in [3.05, 3.63) is 29.8 Å². The molecule has 2 rings (SSSR count). The van der Waals surface area contributed by atoms with Crippen molar-refractivity contribution >= 4 is 30.1 Å². The number of carbonyl (C=O) groups is 1. The Kier molecular flexibility index (Phi) is 9.72. The van der Waals surface area contributed by atoms with Gasteiger partial charge in [0.25, 0.3) is 0 Å². The second-order valence-corrected chi connectivity index (χ2v) is 7.31. The number of nitrogens with zero attached hydrogens (tertiary/aromatic N) is 1. The predicted molar refractivity (Wildman–Crippen MR) is 102 cm³/mol. The Labute approximate surface area is 167 Å². The van der Waals surface area contributed by atoms with Gasteiger partial charge < -0.3 is 20.1 Å². The fourth-order valence-electron chi connectivity index (χ4n) is 2.60. The van der Waals surface area contributed by atoms with E-state index in [0.717, 1.165) is 24.1 Å². The van der Waals surface area contributed by atoms with Crippen molar-refractivity contribution in [1.82, 2.24) is 10.2 Å². The highest BCUT2D eigenvalue weighted by Gasteiger charge is 2.34. The summed E-state index contributed by atoms with van der Waals surface area (Å²) < 4.78 is 43.9. The molecule has 1 aliphatic rings. The third kappa shape index (κ3) is 7.77. The zero-order valence-corrected chi connectivity index (χ0v) is 16.5. The van der Waals surface area contributed by atoms with Crippen molar-refractivity contribution in [3.63, 3.8) is 0 Å². The number of halogens is 4. The third-order valence-electron chi connectivity index (χ3n) is 3.95. The maximum atomic E-state index is 12.9. The molecule has 1 fully saturated rings. The second-order valence-electron chi connectivity index (χ2n) is 6.16. The molecule has 5 nitrogen and oxygen atoms in total. The number of thioether (sulfide) groups is 1. The first-order valence-corrected chi connectivity index (χ1v) is 9.45. The number of benzene rings is 1. The van der Waals surface area contributed by atoms with E-state index in [1.165, 1.54) is 23.1 Å². The molecule has 1 aliphatic heterocycles. The van der Waals surface area contributed by atoms with E-state index in [4.69, 9.17) is 4.74 Å². The molecule has 0 radical (unpaired) electrons. The van der Waals surface area contributed by atoms with E-state index < -0.39 is 17.8 Å². The number of nitrogens with one attached hydrogen (secondary N) is 1. The highest BCUT2D eigenvalue weighted by molar-refractivity contribution is 7.99. The second kappa shape index (κ2) is 11.0. The number of aliphatic hydroxyl groups is 1. The van der Waals surface area contributed by atoms with E-state index in [0.29, 0.717) is 6.42 Å². The molecule has 2 atom stereocenters. The standard InChI is InChI=1S/C17H23F3N2O3S.ClH/c1-22(16(24)8-12-11-26-7-6-21-12)9-13(23)10-25-15-5-3-2-4-14(15)17(18,19)20;/h2-5,12-13,21,23H,6-11H2,1H3;1H. The van der Waals surface area contributed by atoms with E-state index in [-0.39, 0.29) is 43.3 Å². The number of hydrogen-bond donors (Lipinski definition) is 2. The van der Waals surface area contributed by atoms with Crippen LogP contribution in [0.3, 0.4) is 0 Å². The molecular formula is C17H24ClF3N2O3S. The Bertz CT molecular complexity index is 601. The first kappa shape index (κ1) is 23.9. The molecule has 1 amide bonds. The van der Waals surface area contributed by atoms with Gasteiger partial charge in [-0.05, 0) is 12.1 Å². The normalized spacial score (nSPS) is 18.3. The Morgan fingerprint density at radius 1 is 1.44 bits per heavy atom. The summed E-state index contributed by atoms with van der Waals surface area (Å²) in [6.45, 7) is 0.524. The quantitative estimate of drug-likeness (QED) is 0.698. The van der Waals surface area contributed by atoms with E-state index in [9.17, 15) is 23.1 Å². The van der Waals surface area contributed by atoms with Crippen LogP contribution in [0, 0.1) is 0 Å². The zero-order valence-electron chi connectivity index (χ0n) is 14.9. The van der Waals surface area contributed by atoms with E-state index in [1.54, 1.807) is 18.8 Å². The predicted octanol–water partition coefficient (Wildman–Crippen LogP) is 2.42. The largest absolute Gasteiger partial charge is 0.490 e. The number of carbonyl (C=O) groups excluding carboxylic acids is 1. The average Bonchev–Trinajstić information content (AvgIpc) is 2.60. The number of hydrogen-bond acceptors (Lipinski definition) is 5. The van der Waals surface area contributed by atoms with Gasteiger partial charge in [0.2, 0.25) is 5.91 Å². The molecule has 0 aromatic heterocycles. The minimum Gasteiger partial charge on any atom is -0.490 e. The van der Waals surface area contributed by atoms with E-state index in [1.807, 2.05) is 0 Å². The zero-order chi connectivity index (χ0) is 19.2. The molecule has 0 saturated carbocycles. The van der Waals surface area contributed by atoms with Crippen LogP contribution in [0.1, 0.15) is 12.0 Å². The summed E-state index contributed by atoms with van der Waals surface area (Å²) in [7, 11) is 1.56. The highest BCUT2D eigenvalue weighted by Crippen LogP contribution is 2.35. The van der Waals surface area contributed by atoms with Crippen molar-refractivity contribution in [2.75, 3.05) is 38.2 Å². The molecule has 1 heterocycles. The number of amides is 1. The maximum Gasteiger partial charge on any atom is 0.419 e. The first-order chi connectivity index (χ1) is 12.3. The van der Waals surface area contributed by atoms with Crippen LogP contribution in [0.5, 0.6) is 5.75 Å². The summed E-state index contributed by atoms with van der Waals surface area (Å²) in [5.41, 5.74) is -0.891. The molecule has 1 aromatic carbocycles. The van der Waals surface area contributed by atoms with Crippen LogP contribution in [0.2, 0.25) is 0 Å². The minimum absolute atomic E-state index is 0. The van der Waals surface area contributed by atoms with Crippen LogP contribution in [0.15, 0.2) is 24.3 Å². The SMILES string of the molecule is CN(CC(O)COc1ccccc1C(F)(F)F)C(=O)CC1CSCCN1.Cl. The summed E-state index contributed by atoms with van der Waals surface area (Å²) in [6, 6.07) is 4.94. The van der Waals surface area contributed by atoms with Crippen LogP contribution in [-0.4, -0.2) is 66.3 Å². The number of aliphatic hydroxyl groups excluding tert-OH is 1. The van der Waals surface area contributed by atoms with Crippen LogP contribution in [0.25, 0.3) is 0 Å². The van der Waals surface area contributed by atoms with Crippen LogP contribution in [-0.2, 0) is 11.0 Å². The van der Waals surface area contributed by atoms with E-state index in [2.05, 4.69) is 5.32 Å². The smallest absolute Gasteiger partial charge is 0.419 e. The molecule has 27 heavy (non-hydrogen) atoms. The molecule has 10 heteroatoms. The van der Waals surface area contributed by atoms with Crippen molar-refractivity contribution in [3.8, 4) is 5.75 Å². The summed E-state index contributed by atoms with van der Waals surface area (Å²) in [5, 5.41) is 13.3. The highest BCUT2D eigenvalue weighted by atomic mass is 35.5. The van der Waals surface area contributed by atoms with Crippen LogP contribution >= 0.6 is 24.2 Å². The van der Waals surface area contributed by atoms with Crippen molar-refractivity contribution in [2.45, 2.75) is 24.7 Å². The topological polar surface area (TPSA) is 61.8 Å². The van der Waals surface area contributed by atoms with Gasteiger partial charge in [0, 0.05) is 44.1 Å². The van der Waals surface area contributed by atoms with Gasteiger partial charge in [-0.3, -0.25) is 4.79 Å². The molecule has 1 aromatic rings. The lowest BCUT2D eigenvalue weighted by atomic mass is 10.2. The van der Waals surface area contributed by atoms with E-state index >= 15 is 0 Å². The van der Waals surface area contributed by atoms with Crippen LogP contribution in [0.4, 0.5) is 13.2 Å². The van der Waals surface area contributed by atoms with Crippen molar-refractivity contribution in [1.29, 1.82) is 0 Å². The Hall–Kier alpha value is -1.16. The minimum atomic E-state index is -4.53. The molecule has 2 N–H and O–H groups in total. The Morgan fingerprint density at radius 2 is 2.15 bits per heavy atom. The van der Waals surface area contributed by atoms with Gasteiger partial charge >= 0.3 is 6.18 Å². The molecule has 2 unspecified atom stereocenters. The summed E-state index contributed by atoms with van der Waals surface area (Å²) in [5.74, 6) is 1.42. The fraction of sp³-hybridized carbons (Fsp3) is 0.588. The molecule has 0 spiro atoms. The summed E-state index contributed by atoms with van der Waals surface area (Å²) in [4.78, 5) is 13.6. The van der Waals surface area contributed by atoms with Crippen LogP contribution < -0.4 is 10.1 Å². The number of ether oxygens (including phenoxy) is 1. The molecular weight excluding hydrogens is 405 g/mol. The van der Waals surface area contributed by atoms with Gasteiger partial charge in [-0.15, -0.1) is 12.4 Å². The number of para-hydroxylation sites is 1. The number of alkyl halides is 3. The summed E-state index contributed by atoms with van der Waals surface area (Å²) in [6.07, 6.45) is -5.29. The van der Waals surface area contributed by atoms with Gasteiger partial charge in [-0.1, -0.05) is 12.1 Å². The molecule has 154 valence electrons. The van der Waals surface area contributed by atoms with Gasteiger partial charge in [0.05, 0.1) is 5.56 Å². The molecule has 1 saturated heterocycles. The van der Waals surface area contributed by atoms with Crippen molar-refractivity contribution in [2.24, 2.45) is 0 Å². The Balaban J connectivity index is 0.00000364. The monoisotopic (exact) mass is 428 g/mol. The summed E-state index contributed by atoms with van der Waals surface area (Å²) >= 11 is 1.79. The first-order valence-electron chi connectivity index (χ1n) is 8.29. The molecule has 0 bridgehead atoms. The number of likely N-dealkylation sites (N-methyl/N-ethyl adjacent to an activating group) is 1. The fourth-order valence-corrected chi connectivity index (χ4v) is 3.55. The van der Waals surface area contributed by atoms with Crippen molar-refractivity contribution < 1.29 is 27.8 Å². The van der Waals surface area contributed by atoms with Gasteiger partial charge in [-0.2, -0.15) is 24.9 Å². The maximum absolute atomic E-state index is 12.9. The Morgan fingerprint density at radius 3 is 2.78 bits per heavy atom. The van der Waals surface area contributed by atoms with Gasteiger partial charge in [-0.25, -0.2) is 0 Å². The van der Waals surface area contributed by atoms with Gasteiger partial charge in [0.1, 0.15) is 18.5 Å². The number of rotatable bonds is 7. The lowest BCUT2D eigenvalue weighted by Gasteiger charge is -2.26.